The van der Waals surface area contributed by atoms with Crippen molar-refractivity contribution < 1.29 is 34.1 Å². The van der Waals surface area contributed by atoms with Crippen LogP contribution in [0.3, 0.4) is 0 Å². The molecule has 56 heavy (non-hydrogen) atoms. The fraction of sp³-hybridized carbons (Fsp3) is 0.870. The Labute approximate surface area is 337 Å². The number of ether oxygens (including phenoxy) is 1. The van der Waals surface area contributed by atoms with Crippen LogP contribution in [0.15, 0.2) is 11.1 Å². The van der Waals surface area contributed by atoms with E-state index in [1.807, 2.05) is 23.9 Å². The van der Waals surface area contributed by atoms with Gasteiger partial charge in [0.2, 0.25) is 5.91 Å². The highest BCUT2D eigenvalue weighted by Crippen LogP contribution is 2.77. The van der Waals surface area contributed by atoms with Crippen molar-refractivity contribution >= 4 is 23.6 Å². The van der Waals surface area contributed by atoms with Crippen LogP contribution >= 0.6 is 0 Å². The van der Waals surface area contributed by atoms with Crippen LogP contribution in [0.25, 0.3) is 0 Å². The van der Waals surface area contributed by atoms with Gasteiger partial charge in [-0.2, -0.15) is 0 Å². The second-order valence-electron chi connectivity index (χ2n) is 22.2. The Morgan fingerprint density at radius 2 is 1.57 bits per heavy atom. The zero-order valence-electron chi connectivity index (χ0n) is 36.7. The van der Waals surface area contributed by atoms with E-state index < -0.39 is 34.4 Å². The summed E-state index contributed by atoms with van der Waals surface area (Å²) in [7, 11) is 3.80. The third kappa shape index (κ3) is 6.53. The van der Waals surface area contributed by atoms with Gasteiger partial charge in [0.15, 0.2) is 5.78 Å². The maximum atomic E-state index is 14.3. The zero-order chi connectivity index (χ0) is 41.6. The van der Waals surface area contributed by atoms with E-state index in [0.717, 1.165) is 68.9 Å². The molecule has 0 aromatic rings. The number of nitrogens with two attached hydrogens (primary N) is 1. The van der Waals surface area contributed by atoms with Gasteiger partial charge in [-0.15, -0.1) is 0 Å². The number of likely N-dealkylation sites (N-methyl/N-ethyl adjacent to an activating group) is 1. The lowest BCUT2D eigenvalue weighted by Crippen LogP contribution is -2.74. The Balaban J connectivity index is 1.32. The normalized spacial score (nSPS) is 38.6. The molecule has 10 nitrogen and oxygen atoms in total. The summed E-state index contributed by atoms with van der Waals surface area (Å²) in [5.74, 6) is -0.246. The van der Waals surface area contributed by atoms with E-state index in [2.05, 4.69) is 48.5 Å². The molecule has 0 radical (unpaired) electrons. The van der Waals surface area contributed by atoms with Crippen LogP contribution in [0.4, 0.5) is 0 Å². The lowest BCUT2D eigenvalue weighted by molar-refractivity contribution is -0.239. The number of rotatable bonds is 12. The van der Waals surface area contributed by atoms with Gasteiger partial charge in [-0.25, -0.2) is 0 Å². The van der Waals surface area contributed by atoms with Gasteiger partial charge in [0.25, 0.3) is 0 Å². The molecule has 5 saturated carbocycles. The highest BCUT2D eigenvalue weighted by atomic mass is 16.5. The third-order valence-corrected chi connectivity index (χ3v) is 17.7. The molecule has 9 atom stereocenters. The monoisotopic (exact) mass is 782 g/mol. The summed E-state index contributed by atoms with van der Waals surface area (Å²) in [5.41, 5.74) is 6.27. The van der Waals surface area contributed by atoms with Crippen LogP contribution in [0, 0.1) is 56.2 Å². The number of carboxylic acids is 1. The first kappa shape index (κ1) is 43.3. The molecule has 6 rings (SSSR count). The number of esters is 1. The Kier molecular flexibility index (Phi) is 11.2. The van der Waals surface area contributed by atoms with Gasteiger partial charge in [-0.1, -0.05) is 54.9 Å². The number of carbonyl (C=O) groups is 4. The number of nitrogens with zero attached hydrogens (tertiary/aromatic N) is 2. The van der Waals surface area contributed by atoms with Crippen LogP contribution in [-0.4, -0.2) is 95.1 Å². The molecule has 0 saturated heterocycles. The Hall–Kier alpha value is -2.30. The topological polar surface area (TPSA) is 150 Å². The molecule has 1 amide bonds. The fourth-order valence-electron chi connectivity index (χ4n) is 14.1. The van der Waals surface area contributed by atoms with Crippen molar-refractivity contribution in [1.29, 1.82) is 0 Å². The standard InChI is InChI=1S/C46H75N3O7/c1-28(2)37-30(50)23-45(33(51)26-49(25-29-13-12-14-29)35(52)27-48(10)11)22-21-44(9)43(8)19-15-31-41(5,6)34(56-36(53)24-40(3,4)39(54)55)17-18-42(31,7)32(43)16-20-46(44,47)38(37)45/h28-29,31-34,51H,12-27,47H2,1-11H3,(H,54,55)/t31-,32-,33+,34+,42+,43-,44+,45?,46?/m1/s1. The van der Waals surface area contributed by atoms with Crippen molar-refractivity contribution in [3.8, 4) is 0 Å². The summed E-state index contributed by atoms with van der Waals surface area (Å²) >= 11 is 0. The van der Waals surface area contributed by atoms with Crippen LogP contribution < -0.4 is 5.73 Å². The average Bonchev–Trinajstić information content (AvgIpc) is 3.38. The van der Waals surface area contributed by atoms with E-state index in [0.29, 0.717) is 30.7 Å². The number of aliphatic hydroxyl groups is 1. The first-order valence-corrected chi connectivity index (χ1v) is 21.9. The number of hydrogen-bond acceptors (Lipinski definition) is 8. The minimum Gasteiger partial charge on any atom is -0.481 e. The predicted molar refractivity (Wildman–Crippen MR) is 217 cm³/mol. The maximum absolute atomic E-state index is 14.3. The van der Waals surface area contributed by atoms with Gasteiger partial charge < -0.3 is 30.5 Å². The van der Waals surface area contributed by atoms with Gasteiger partial charge in [0, 0.05) is 35.9 Å². The highest BCUT2D eigenvalue weighted by molar-refractivity contribution is 6.01. The van der Waals surface area contributed by atoms with E-state index in [4.69, 9.17) is 10.5 Å². The molecule has 316 valence electrons. The average molecular weight is 782 g/mol. The number of hydrogen-bond donors (Lipinski definition) is 3. The first-order chi connectivity index (χ1) is 25.8. The summed E-state index contributed by atoms with van der Waals surface area (Å²) in [6.07, 6.45) is 8.96. The van der Waals surface area contributed by atoms with Gasteiger partial charge >= 0.3 is 11.9 Å². The molecular formula is C46H75N3O7. The van der Waals surface area contributed by atoms with Crippen molar-refractivity contribution in [2.75, 3.05) is 33.7 Å². The summed E-state index contributed by atoms with van der Waals surface area (Å²) in [6, 6.07) is 0. The molecule has 4 N–H and O–H groups in total. The van der Waals surface area contributed by atoms with Gasteiger partial charge in [-0.05, 0) is 143 Å². The number of carbonyl (C=O) groups excluding carboxylic acids is 3. The molecular weight excluding hydrogens is 707 g/mol. The van der Waals surface area contributed by atoms with Crippen LogP contribution in [0.1, 0.15) is 146 Å². The smallest absolute Gasteiger partial charge is 0.309 e. The van der Waals surface area contributed by atoms with Gasteiger partial charge in [-0.3, -0.25) is 19.2 Å². The Morgan fingerprint density at radius 3 is 2.14 bits per heavy atom. The number of aliphatic hydroxyl groups excluding tert-OH is 1. The first-order valence-electron chi connectivity index (χ1n) is 21.9. The summed E-state index contributed by atoms with van der Waals surface area (Å²) in [5, 5.41) is 22.3. The van der Waals surface area contributed by atoms with Crippen molar-refractivity contribution in [2.45, 2.75) is 164 Å². The Morgan fingerprint density at radius 1 is 0.929 bits per heavy atom. The summed E-state index contributed by atoms with van der Waals surface area (Å²) < 4.78 is 6.18. The lowest BCUT2D eigenvalue weighted by atomic mass is 9.31. The predicted octanol–water partition coefficient (Wildman–Crippen LogP) is 7.01. The van der Waals surface area contributed by atoms with E-state index in [-0.39, 0.29) is 71.3 Å². The minimum absolute atomic E-state index is 0.0222. The third-order valence-electron chi connectivity index (χ3n) is 17.7. The number of carboxylic acid groups (broad SMARTS) is 1. The molecule has 5 fully saturated rings. The number of fused-ring (bicyclic) bond motifs is 7. The number of ketones is 1. The number of aliphatic carboxylic acids is 1. The van der Waals surface area contributed by atoms with Crippen molar-refractivity contribution in [2.24, 2.45) is 61.9 Å². The minimum atomic E-state index is -1.19. The van der Waals surface area contributed by atoms with E-state index >= 15 is 0 Å². The molecule has 0 aromatic carbocycles. The molecule has 6 aliphatic rings. The second-order valence-corrected chi connectivity index (χ2v) is 22.2. The Bertz CT molecular complexity index is 1630. The molecule has 6 aliphatic carbocycles. The molecule has 0 aliphatic heterocycles. The SMILES string of the molecule is CC(C)C1=C2C([C@@H](O)CN(CC3CCC3)C(=O)CN(C)C)(CC[C@]3(C)C2(N)CC[C@@H]2[C@@]4(C)CC[C@H](OC(=O)CC(C)(C)C(=O)O)C(C)(C)[C@H]4CC[C@]23C)CC1=O. The van der Waals surface area contributed by atoms with Crippen molar-refractivity contribution in [3.05, 3.63) is 11.1 Å². The van der Waals surface area contributed by atoms with Crippen molar-refractivity contribution in [3.63, 3.8) is 0 Å². The molecule has 0 bridgehead atoms. The maximum Gasteiger partial charge on any atom is 0.309 e. The molecule has 10 heteroatoms. The number of Topliss-reactive ketones (excluding diaryl/α,β-unsaturated/α-hetero) is 1. The van der Waals surface area contributed by atoms with E-state index in [1.54, 1.807) is 13.8 Å². The van der Waals surface area contributed by atoms with Crippen LogP contribution in [0.5, 0.6) is 0 Å². The molecule has 2 unspecified atom stereocenters. The number of amides is 1. The molecule has 0 aromatic heterocycles. The second kappa shape index (κ2) is 14.5. The molecule has 0 heterocycles. The fourth-order valence-corrected chi connectivity index (χ4v) is 14.1. The highest BCUT2D eigenvalue weighted by Gasteiger charge is 2.74. The van der Waals surface area contributed by atoms with Crippen molar-refractivity contribution in [1.82, 2.24) is 9.80 Å². The van der Waals surface area contributed by atoms with Crippen LogP contribution in [0.2, 0.25) is 0 Å². The number of allylic oxidation sites excluding steroid dienone is 1. The van der Waals surface area contributed by atoms with E-state index in [9.17, 15) is 29.4 Å². The van der Waals surface area contributed by atoms with Gasteiger partial charge in [0.1, 0.15) is 6.10 Å². The summed E-state index contributed by atoms with van der Waals surface area (Å²) in [6.45, 7) is 20.3. The quantitative estimate of drug-likeness (QED) is 0.178. The van der Waals surface area contributed by atoms with E-state index in [1.165, 1.54) is 6.42 Å². The summed E-state index contributed by atoms with van der Waals surface area (Å²) in [4.78, 5) is 56.7. The zero-order valence-corrected chi connectivity index (χ0v) is 36.7. The van der Waals surface area contributed by atoms with Crippen LogP contribution in [-0.2, 0) is 23.9 Å². The molecule has 0 spiro atoms. The largest absolute Gasteiger partial charge is 0.481 e. The van der Waals surface area contributed by atoms with Gasteiger partial charge in [0.05, 0.1) is 24.5 Å². The lowest BCUT2D eigenvalue weighted by Gasteiger charge is -2.74.